The molecule has 2 saturated heterocycles. The maximum absolute atomic E-state index is 14.7. The van der Waals surface area contributed by atoms with Crippen molar-refractivity contribution in [3.63, 3.8) is 0 Å². The molecule has 0 aromatic heterocycles. The topological polar surface area (TPSA) is 239 Å². The van der Waals surface area contributed by atoms with Crippen LogP contribution in [0, 0.1) is 10.8 Å². The second-order valence-corrected chi connectivity index (χ2v) is 24.5. The van der Waals surface area contributed by atoms with Crippen LogP contribution in [0.1, 0.15) is 149 Å². The molecule has 2 heterocycles. The number of carbonyl (C=O) groups excluding carboxylic acids is 8. The van der Waals surface area contributed by atoms with Crippen molar-refractivity contribution in [3.8, 4) is 0 Å². The predicted molar refractivity (Wildman–Crippen MR) is 322 cm³/mol. The van der Waals surface area contributed by atoms with Crippen LogP contribution in [0.15, 0.2) is 84.9 Å². The number of nitrogens with zero attached hydrogens (tertiary/aromatic N) is 2. The Kier molecular flexibility index (Phi) is 21.4. The van der Waals surface area contributed by atoms with Gasteiger partial charge in [-0.05, 0) is 147 Å². The van der Waals surface area contributed by atoms with E-state index in [1.165, 1.54) is 20.9 Å². The molecular formula is C62H84Cl2N10O8. The molecule has 0 spiro atoms. The van der Waals surface area contributed by atoms with Gasteiger partial charge in [0.2, 0.25) is 35.4 Å². The zero-order valence-corrected chi connectivity index (χ0v) is 50.5. The summed E-state index contributed by atoms with van der Waals surface area (Å²) in [5, 5.41) is 25.7. The van der Waals surface area contributed by atoms with Crippen LogP contribution in [-0.4, -0.2) is 133 Å². The third-order valence-corrected chi connectivity index (χ3v) is 16.6. The Hall–Kier alpha value is -6.60. The fourth-order valence-corrected chi connectivity index (χ4v) is 11.7. The summed E-state index contributed by atoms with van der Waals surface area (Å²) in [6.07, 6.45) is 5.36. The lowest BCUT2D eigenvalue weighted by molar-refractivity contribution is -0.144. The largest absolute Gasteiger partial charge is 0.347 e. The van der Waals surface area contributed by atoms with Gasteiger partial charge in [-0.25, -0.2) is 0 Å². The molecule has 8 rings (SSSR count). The van der Waals surface area contributed by atoms with E-state index in [9.17, 15) is 38.4 Å². The van der Waals surface area contributed by atoms with Crippen LogP contribution in [0.4, 0.5) is 0 Å². The molecule has 18 nitrogen and oxygen atoms in total. The van der Waals surface area contributed by atoms with Crippen molar-refractivity contribution in [2.75, 3.05) is 27.2 Å². The number of likely N-dealkylation sites (N-methyl/N-ethyl adjacent to an activating group) is 2. The molecule has 8 N–H and O–H groups in total. The maximum Gasteiger partial charge on any atom is 0.251 e. The number of hydrogen-bond donors (Lipinski definition) is 8. The number of fused-ring (bicyclic) bond motifs is 3. The van der Waals surface area contributed by atoms with Crippen molar-refractivity contribution >= 4 is 82.8 Å². The first kappa shape index (κ1) is 64.6. The highest BCUT2D eigenvalue weighted by atomic mass is 35.5. The first-order chi connectivity index (χ1) is 37.9. The van der Waals surface area contributed by atoms with E-state index in [1.807, 2.05) is 77.9 Å². The molecule has 2 aliphatic heterocycles. The highest BCUT2D eigenvalue weighted by molar-refractivity contribution is 6.03. The molecule has 8 amide bonds. The van der Waals surface area contributed by atoms with E-state index >= 15 is 0 Å². The summed E-state index contributed by atoms with van der Waals surface area (Å²) in [7, 11) is 3.32. The molecule has 4 aromatic rings. The normalized spacial score (nSPS) is 21.8. The third kappa shape index (κ3) is 14.8. The van der Waals surface area contributed by atoms with Crippen LogP contribution in [0.2, 0.25) is 0 Å². The van der Waals surface area contributed by atoms with E-state index in [4.69, 9.17) is 0 Å². The molecule has 10 atom stereocenters. The van der Waals surface area contributed by atoms with Crippen LogP contribution in [0.25, 0.3) is 10.8 Å². The summed E-state index contributed by atoms with van der Waals surface area (Å²) < 4.78 is 0. The number of halogens is 2. The van der Waals surface area contributed by atoms with Gasteiger partial charge >= 0.3 is 0 Å². The fraction of sp³-hybridized carbons (Fsp3) is 0.516. The Labute approximate surface area is 494 Å². The van der Waals surface area contributed by atoms with Crippen LogP contribution < -0.4 is 42.5 Å². The van der Waals surface area contributed by atoms with Gasteiger partial charge in [-0.3, -0.25) is 38.4 Å². The number of nitrogens with one attached hydrogen (secondary N) is 8. The summed E-state index contributed by atoms with van der Waals surface area (Å²) in [5.74, 6) is -3.12. The molecular weight excluding hydrogens is 1080 g/mol. The van der Waals surface area contributed by atoms with Crippen molar-refractivity contribution in [3.05, 3.63) is 118 Å². The highest BCUT2D eigenvalue weighted by Gasteiger charge is 2.48. The smallest absolute Gasteiger partial charge is 0.251 e. The molecule has 20 heteroatoms. The Morgan fingerprint density at radius 2 is 0.890 bits per heavy atom. The molecule has 4 aromatic carbocycles. The average Bonchev–Trinajstić information content (AvgIpc) is 4.20. The molecule has 0 saturated carbocycles. The number of likely N-dealkylation sites (tertiary alicyclic amines) is 2. The van der Waals surface area contributed by atoms with Gasteiger partial charge < -0.3 is 52.3 Å². The van der Waals surface area contributed by atoms with Gasteiger partial charge in [0.25, 0.3) is 11.8 Å². The second-order valence-electron chi connectivity index (χ2n) is 24.5. The number of hydrogen-bond acceptors (Lipinski definition) is 10. The second kappa shape index (κ2) is 27.2. The molecule has 2 fully saturated rings. The SMILES string of the molecule is CN[C@@H](C)C(=O)N[C@@H](C(=O)N1C[C@@H](NC(=O)c2ccc3ccc(C(=O)N[C@H]4C[C@@H](C(=O)N[C@@H]5CCCc6ccccc65)N(C(=O)[C@H](NC(=O)[C@H](C)NC)C(C)(C)C)C4)cc3c2)CC1C(=O)N[C@@H]1CCCc2ccccc21)C(C)(C)C.Cl.Cl. The van der Waals surface area contributed by atoms with Crippen molar-refractivity contribution in [2.24, 2.45) is 10.8 Å². The van der Waals surface area contributed by atoms with Gasteiger partial charge in [0.1, 0.15) is 24.2 Å². The van der Waals surface area contributed by atoms with Crippen LogP contribution in [0.3, 0.4) is 0 Å². The van der Waals surface area contributed by atoms with Crippen LogP contribution in [0.5, 0.6) is 0 Å². The van der Waals surface area contributed by atoms with Gasteiger partial charge in [-0.1, -0.05) is 102 Å². The average molecular weight is 1170 g/mol. The zero-order valence-electron chi connectivity index (χ0n) is 48.9. The summed E-state index contributed by atoms with van der Waals surface area (Å²) in [5.41, 5.74) is 3.56. The van der Waals surface area contributed by atoms with E-state index < -0.39 is 82.8 Å². The summed E-state index contributed by atoms with van der Waals surface area (Å²) in [6, 6.07) is 19.6. The summed E-state index contributed by atoms with van der Waals surface area (Å²) >= 11 is 0. The maximum atomic E-state index is 14.7. The number of amides is 8. The van der Waals surface area contributed by atoms with Crippen molar-refractivity contribution in [2.45, 2.75) is 167 Å². The number of benzene rings is 4. The number of aryl methyl sites for hydroxylation is 2. The monoisotopic (exact) mass is 1170 g/mol. The molecule has 0 radical (unpaired) electrons. The summed E-state index contributed by atoms with van der Waals surface area (Å²) in [6.45, 7) is 14.6. The minimum Gasteiger partial charge on any atom is -0.347 e. The van der Waals surface area contributed by atoms with E-state index in [2.05, 4.69) is 54.7 Å². The highest BCUT2D eigenvalue weighted by Crippen LogP contribution is 2.34. The molecule has 444 valence electrons. The first-order valence-corrected chi connectivity index (χ1v) is 28.4. The van der Waals surface area contributed by atoms with Gasteiger partial charge in [-0.2, -0.15) is 0 Å². The molecule has 4 aliphatic rings. The van der Waals surface area contributed by atoms with Crippen LogP contribution in [-0.2, 0) is 41.6 Å². The van der Waals surface area contributed by atoms with Crippen LogP contribution >= 0.6 is 24.8 Å². The molecule has 0 bridgehead atoms. The summed E-state index contributed by atoms with van der Waals surface area (Å²) in [4.78, 5) is 116. The van der Waals surface area contributed by atoms with Gasteiger partial charge in [0.05, 0.1) is 24.2 Å². The Morgan fingerprint density at radius 3 is 1.26 bits per heavy atom. The van der Waals surface area contributed by atoms with Gasteiger partial charge in [0.15, 0.2) is 0 Å². The van der Waals surface area contributed by atoms with Crippen molar-refractivity contribution < 1.29 is 38.4 Å². The lowest BCUT2D eigenvalue weighted by atomic mass is 9.85. The number of carbonyl (C=O) groups is 8. The first-order valence-electron chi connectivity index (χ1n) is 28.4. The van der Waals surface area contributed by atoms with Gasteiger partial charge in [-0.15, -0.1) is 24.8 Å². The number of rotatable bonds is 16. The van der Waals surface area contributed by atoms with E-state index in [0.29, 0.717) is 16.5 Å². The van der Waals surface area contributed by atoms with E-state index in [0.717, 1.165) is 55.0 Å². The minimum absolute atomic E-state index is 0. The molecule has 82 heavy (non-hydrogen) atoms. The third-order valence-electron chi connectivity index (χ3n) is 16.6. The molecule has 2 aliphatic carbocycles. The quantitative estimate of drug-likeness (QED) is 0.0677. The van der Waals surface area contributed by atoms with Crippen molar-refractivity contribution in [1.29, 1.82) is 0 Å². The Balaban J connectivity index is 0.00000541. The Bertz CT molecular complexity index is 2820. The predicted octanol–water partition coefficient (Wildman–Crippen LogP) is 5.75. The lowest BCUT2D eigenvalue weighted by Gasteiger charge is -2.36. The molecule has 1 unspecified atom stereocenters. The Morgan fingerprint density at radius 1 is 0.512 bits per heavy atom. The van der Waals surface area contributed by atoms with E-state index in [-0.39, 0.29) is 86.5 Å². The van der Waals surface area contributed by atoms with E-state index in [1.54, 1.807) is 64.3 Å². The minimum atomic E-state index is -0.980. The standard InChI is InChI=1S/C62H82N10O8.2ClH/c1-35(63-9)53(73)69-51(61(3,4)5)59(79)71-33-43(31-49(71)57(77)67-47-23-15-19-38-17-11-13-21-45(38)47)65-55(75)40-27-25-37-26-28-41(30-42(37)29-40)56(76)66-44-32-50(58(78)68-48-24-16-20-39-18-12-14-22-46(39)48)72(34-44)60(80)52(62(6,7)8)70-54(74)36(2)64-10;;/h11-14,17-18,21-22,25-30,35-36,43-44,47-52,63-64H,15-16,19-20,23-24,31-34H2,1-10H3,(H,65,75)(H,66,76)(H,67,77)(H,68,78)(H,69,73)(H,70,74);2*1H/t35-,36-,43-,44-,47+,48+,49-,50?,51-,52-;;/m0../s1. The zero-order chi connectivity index (χ0) is 57.8. The van der Waals surface area contributed by atoms with Crippen molar-refractivity contribution in [1.82, 2.24) is 52.3 Å². The van der Waals surface area contributed by atoms with Gasteiger partial charge in [0, 0.05) is 36.3 Å². The lowest BCUT2D eigenvalue weighted by Crippen LogP contribution is -2.59. The fourth-order valence-electron chi connectivity index (χ4n) is 11.7.